The van der Waals surface area contributed by atoms with Gasteiger partial charge in [0.1, 0.15) is 5.75 Å². The third kappa shape index (κ3) is 3.20. The van der Waals surface area contributed by atoms with Gasteiger partial charge in [0.05, 0.1) is 6.61 Å². The average molecular weight is 235 g/mol. The molecule has 0 bridgehead atoms. The van der Waals surface area contributed by atoms with Gasteiger partial charge in [-0.25, -0.2) is 0 Å². The van der Waals surface area contributed by atoms with Crippen LogP contribution in [0.5, 0.6) is 5.75 Å². The fourth-order valence-electron chi connectivity index (χ4n) is 2.52. The maximum Gasteiger partial charge on any atom is 0.115 e. The Balaban J connectivity index is 1.93. The van der Waals surface area contributed by atoms with Gasteiger partial charge in [-0.3, -0.25) is 0 Å². The van der Waals surface area contributed by atoms with Crippen molar-refractivity contribution >= 4 is 0 Å². The van der Waals surface area contributed by atoms with Gasteiger partial charge in [-0.05, 0) is 30.5 Å². The van der Waals surface area contributed by atoms with Gasteiger partial charge >= 0.3 is 0 Å². The first-order valence-corrected chi connectivity index (χ1v) is 6.38. The maximum atomic E-state index is 9.56. The predicted octanol–water partition coefficient (Wildman–Crippen LogP) is 2.18. The number of phenolic OH excluding ortho intramolecular Hbond substituents is 1. The van der Waals surface area contributed by atoms with Gasteiger partial charge < -0.3 is 15.5 Å². The van der Waals surface area contributed by atoms with Crippen molar-refractivity contribution in [2.45, 2.75) is 44.2 Å². The van der Waals surface area contributed by atoms with E-state index in [0.29, 0.717) is 5.75 Å². The lowest BCUT2D eigenvalue weighted by Crippen LogP contribution is -2.49. The summed E-state index contributed by atoms with van der Waals surface area (Å²) in [6, 6.07) is 7.22. The fraction of sp³-hybridized carbons (Fsp3) is 0.571. The number of rotatable bonds is 4. The molecule has 17 heavy (non-hydrogen) atoms. The molecule has 1 aromatic rings. The highest BCUT2D eigenvalue weighted by atomic mass is 16.3. The van der Waals surface area contributed by atoms with E-state index in [2.05, 4.69) is 5.32 Å². The van der Waals surface area contributed by atoms with E-state index in [1.54, 1.807) is 12.1 Å². The molecule has 1 aliphatic carbocycles. The number of nitrogens with one attached hydrogen (secondary N) is 1. The predicted molar refractivity (Wildman–Crippen MR) is 67.8 cm³/mol. The van der Waals surface area contributed by atoms with E-state index in [-0.39, 0.29) is 12.1 Å². The van der Waals surface area contributed by atoms with Crippen LogP contribution in [0.25, 0.3) is 0 Å². The summed E-state index contributed by atoms with van der Waals surface area (Å²) in [6.45, 7) is 0.964. The van der Waals surface area contributed by atoms with Gasteiger partial charge in [0.15, 0.2) is 0 Å². The summed E-state index contributed by atoms with van der Waals surface area (Å²) in [4.78, 5) is 0. The van der Waals surface area contributed by atoms with Crippen LogP contribution in [-0.4, -0.2) is 22.4 Å². The molecule has 1 aliphatic rings. The van der Waals surface area contributed by atoms with Crippen LogP contribution in [0.2, 0.25) is 0 Å². The second-order valence-corrected chi connectivity index (χ2v) is 5.02. The molecule has 0 heterocycles. The number of aliphatic hydroxyl groups is 1. The number of aromatic hydroxyl groups is 1. The number of benzene rings is 1. The third-order valence-corrected chi connectivity index (χ3v) is 3.72. The maximum absolute atomic E-state index is 9.56. The molecule has 0 spiro atoms. The molecule has 0 aliphatic heterocycles. The Morgan fingerprint density at radius 3 is 2.29 bits per heavy atom. The molecule has 94 valence electrons. The number of aliphatic hydroxyl groups excluding tert-OH is 1. The number of hydrogen-bond acceptors (Lipinski definition) is 3. The first-order chi connectivity index (χ1) is 8.24. The topological polar surface area (TPSA) is 52.5 Å². The Hall–Kier alpha value is -1.06. The van der Waals surface area contributed by atoms with Crippen LogP contribution in [0.3, 0.4) is 0 Å². The van der Waals surface area contributed by atoms with Gasteiger partial charge in [-0.2, -0.15) is 0 Å². The van der Waals surface area contributed by atoms with Crippen molar-refractivity contribution < 1.29 is 10.2 Å². The fourth-order valence-corrected chi connectivity index (χ4v) is 2.52. The number of hydrogen-bond donors (Lipinski definition) is 3. The molecular formula is C14H21NO2. The van der Waals surface area contributed by atoms with Crippen molar-refractivity contribution in [1.82, 2.24) is 5.32 Å². The second-order valence-electron chi connectivity index (χ2n) is 5.02. The van der Waals surface area contributed by atoms with Crippen molar-refractivity contribution in [3.8, 4) is 5.75 Å². The standard InChI is InChI=1S/C14H21NO2/c16-11-14(8-2-1-3-9-14)15-10-12-4-6-13(17)7-5-12/h4-7,15-17H,1-3,8-11H2. The molecule has 2 rings (SSSR count). The van der Waals surface area contributed by atoms with Gasteiger partial charge in [0.2, 0.25) is 0 Å². The van der Waals surface area contributed by atoms with Crippen LogP contribution >= 0.6 is 0 Å². The summed E-state index contributed by atoms with van der Waals surface area (Å²) < 4.78 is 0. The van der Waals surface area contributed by atoms with E-state index in [1.807, 2.05) is 12.1 Å². The Bertz CT molecular complexity index is 342. The summed E-state index contributed by atoms with van der Waals surface area (Å²) in [6.07, 6.45) is 5.79. The zero-order valence-corrected chi connectivity index (χ0v) is 10.2. The van der Waals surface area contributed by atoms with E-state index >= 15 is 0 Å². The minimum atomic E-state index is -0.0872. The van der Waals surface area contributed by atoms with Gasteiger partial charge in [-0.15, -0.1) is 0 Å². The molecule has 1 fully saturated rings. The summed E-state index contributed by atoms with van der Waals surface area (Å²) in [5, 5.41) is 22.3. The van der Waals surface area contributed by atoms with Crippen LogP contribution in [0.15, 0.2) is 24.3 Å². The molecule has 0 radical (unpaired) electrons. The molecule has 1 saturated carbocycles. The van der Waals surface area contributed by atoms with Crippen molar-refractivity contribution in [2.24, 2.45) is 0 Å². The van der Waals surface area contributed by atoms with Gasteiger partial charge in [0.25, 0.3) is 0 Å². The van der Waals surface area contributed by atoms with Crippen LogP contribution in [-0.2, 0) is 6.54 Å². The molecule has 0 amide bonds. The lowest BCUT2D eigenvalue weighted by molar-refractivity contribution is 0.119. The Labute approximate surface area is 102 Å². The largest absolute Gasteiger partial charge is 0.508 e. The Kier molecular flexibility index (Phi) is 4.02. The van der Waals surface area contributed by atoms with E-state index < -0.39 is 0 Å². The van der Waals surface area contributed by atoms with E-state index in [9.17, 15) is 10.2 Å². The average Bonchev–Trinajstić information content (AvgIpc) is 2.39. The summed E-state index contributed by atoms with van der Waals surface area (Å²) in [5.41, 5.74) is 1.05. The quantitative estimate of drug-likeness (QED) is 0.749. The third-order valence-electron chi connectivity index (χ3n) is 3.72. The van der Waals surface area contributed by atoms with E-state index in [4.69, 9.17) is 0 Å². The number of phenols is 1. The smallest absolute Gasteiger partial charge is 0.115 e. The molecule has 1 aromatic carbocycles. The SMILES string of the molecule is OCC1(NCc2ccc(O)cc2)CCCCC1. The Morgan fingerprint density at radius 2 is 1.71 bits per heavy atom. The highest BCUT2D eigenvalue weighted by Crippen LogP contribution is 2.28. The van der Waals surface area contributed by atoms with Gasteiger partial charge in [0, 0.05) is 12.1 Å². The molecule has 3 N–H and O–H groups in total. The second kappa shape index (κ2) is 5.52. The monoisotopic (exact) mass is 235 g/mol. The summed E-state index contributed by atoms with van der Waals surface area (Å²) >= 11 is 0. The molecule has 0 saturated heterocycles. The first-order valence-electron chi connectivity index (χ1n) is 6.38. The lowest BCUT2D eigenvalue weighted by Gasteiger charge is -2.36. The zero-order chi connectivity index (χ0) is 12.1. The molecule has 3 heteroatoms. The minimum absolute atomic E-state index is 0.0872. The molecule has 0 unspecified atom stereocenters. The zero-order valence-electron chi connectivity index (χ0n) is 10.2. The first kappa shape index (κ1) is 12.4. The van der Waals surface area contributed by atoms with Gasteiger partial charge in [-0.1, -0.05) is 31.4 Å². The van der Waals surface area contributed by atoms with Crippen LogP contribution < -0.4 is 5.32 Å². The van der Waals surface area contributed by atoms with Crippen LogP contribution in [0.4, 0.5) is 0 Å². The summed E-state index contributed by atoms with van der Waals surface area (Å²) in [7, 11) is 0. The molecule has 3 nitrogen and oxygen atoms in total. The summed E-state index contributed by atoms with van der Waals surface area (Å²) in [5.74, 6) is 0.295. The molecule has 0 atom stereocenters. The van der Waals surface area contributed by atoms with Crippen LogP contribution in [0, 0.1) is 0 Å². The minimum Gasteiger partial charge on any atom is -0.508 e. The highest BCUT2D eigenvalue weighted by Gasteiger charge is 2.30. The molecule has 0 aromatic heterocycles. The normalized spacial score (nSPS) is 19.1. The molecular weight excluding hydrogens is 214 g/mol. The van der Waals surface area contributed by atoms with Crippen LogP contribution in [0.1, 0.15) is 37.7 Å². The van der Waals surface area contributed by atoms with Crippen molar-refractivity contribution in [2.75, 3.05) is 6.61 Å². The highest BCUT2D eigenvalue weighted by molar-refractivity contribution is 5.25. The van der Waals surface area contributed by atoms with Crippen molar-refractivity contribution in [1.29, 1.82) is 0 Å². The Morgan fingerprint density at radius 1 is 1.06 bits per heavy atom. The van der Waals surface area contributed by atoms with E-state index in [1.165, 1.54) is 19.3 Å². The lowest BCUT2D eigenvalue weighted by atomic mass is 9.82. The van der Waals surface area contributed by atoms with E-state index in [0.717, 1.165) is 24.9 Å². The van der Waals surface area contributed by atoms with Crippen molar-refractivity contribution in [3.05, 3.63) is 29.8 Å². The van der Waals surface area contributed by atoms with Crippen molar-refractivity contribution in [3.63, 3.8) is 0 Å².